The second-order valence-electron chi connectivity index (χ2n) is 5.99. The molecule has 1 fully saturated rings. The van der Waals surface area contributed by atoms with Crippen molar-refractivity contribution in [3.05, 3.63) is 64.6 Å². The largest absolute Gasteiger partial charge is 0.550 e. The van der Waals surface area contributed by atoms with Gasteiger partial charge in [-0.1, -0.05) is 60.4 Å². The summed E-state index contributed by atoms with van der Waals surface area (Å²) >= 11 is 6.46. The first-order chi connectivity index (χ1) is 13.4. The third-order valence-electron chi connectivity index (χ3n) is 4.18. The smallest absolute Gasteiger partial charge is 0.266 e. The van der Waals surface area contributed by atoms with Crippen LogP contribution in [0.25, 0.3) is 6.08 Å². The van der Waals surface area contributed by atoms with Crippen molar-refractivity contribution in [1.82, 2.24) is 4.90 Å². The van der Waals surface area contributed by atoms with Gasteiger partial charge in [0, 0.05) is 12.4 Å². The first kappa shape index (κ1) is 19.9. The number of rotatable bonds is 6. The Labute approximate surface area is 171 Å². The van der Waals surface area contributed by atoms with Crippen molar-refractivity contribution >= 4 is 46.3 Å². The van der Waals surface area contributed by atoms with Gasteiger partial charge in [0.25, 0.3) is 5.91 Å². The Morgan fingerprint density at radius 2 is 2.04 bits per heavy atom. The minimum Gasteiger partial charge on any atom is -0.550 e. The number of hydrogen-bond acceptors (Lipinski definition) is 7. The zero-order valence-corrected chi connectivity index (χ0v) is 16.5. The maximum atomic E-state index is 13.0. The summed E-state index contributed by atoms with van der Waals surface area (Å²) in [5.74, 6) is -1.37. The van der Waals surface area contributed by atoms with Crippen LogP contribution in [0.3, 0.4) is 0 Å². The van der Waals surface area contributed by atoms with Crippen LogP contribution in [0.1, 0.15) is 23.6 Å². The Morgan fingerprint density at radius 1 is 1.32 bits per heavy atom. The summed E-state index contributed by atoms with van der Waals surface area (Å²) in [5, 5.41) is 21.0. The van der Waals surface area contributed by atoms with Crippen molar-refractivity contribution in [2.24, 2.45) is 0 Å². The molecule has 0 spiro atoms. The van der Waals surface area contributed by atoms with Crippen LogP contribution in [-0.4, -0.2) is 33.3 Å². The van der Waals surface area contributed by atoms with Gasteiger partial charge in [0.05, 0.1) is 18.1 Å². The van der Waals surface area contributed by atoms with Crippen molar-refractivity contribution in [3.63, 3.8) is 0 Å². The molecule has 28 heavy (non-hydrogen) atoms. The number of carbonyl (C=O) groups excluding carboxylic acids is 2. The standard InChI is InChI=1S/C20H17NO5S2/c1-26-16-9-12(7-8-15(16)22)10-17-19(25)21(20(27)28-17)14(11-18(23)24)13-5-3-2-4-6-13/h2-10,14,22H,11H2,1H3,(H,23,24)/p-1/b17-10-/t14-/m1/s1. The van der Waals surface area contributed by atoms with Gasteiger partial charge in [0.2, 0.25) is 0 Å². The van der Waals surface area contributed by atoms with Gasteiger partial charge in [-0.3, -0.25) is 9.69 Å². The van der Waals surface area contributed by atoms with Crippen LogP contribution in [-0.2, 0) is 9.59 Å². The Bertz CT molecular complexity index is 958. The van der Waals surface area contributed by atoms with Gasteiger partial charge < -0.3 is 19.7 Å². The fourth-order valence-electron chi connectivity index (χ4n) is 2.88. The number of carbonyl (C=O) groups is 2. The molecule has 1 amide bonds. The predicted octanol–water partition coefficient (Wildman–Crippen LogP) is 2.48. The SMILES string of the molecule is COc1cc(/C=C2\SC(=S)N([C@H](CC(=O)[O-])c3ccccc3)C2=O)ccc1O. The van der Waals surface area contributed by atoms with E-state index in [4.69, 9.17) is 17.0 Å². The Balaban J connectivity index is 1.94. The molecular weight excluding hydrogens is 398 g/mol. The highest BCUT2D eigenvalue weighted by molar-refractivity contribution is 8.26. The quantitative estimate of drug-likeness (QED) is 0.574. The first-order valence-corrected chi connectivity index (χ1v) is 9.52. The van der Waals surface area contributed by atoms with Gasteiger partial charge in [0.15, 0.2) is 11.5 Å². The zero-order valence-electron chi connectivity index (χ0n) is 14.8. The summed E-state index contributed by atoms with van der Waals surface area (Å²) in [5.41, 5.74) is 1.31. The Hall–Kier alpha value is -2.84. The summed E-state index contributed by atoms with van der Waals surface area (Å²) in [6.07, 6.45) is 1.26. The van der Waals surface area contributed by atoms with E-state index in [1.165, 1.54) is 18.1 Å². The van der Waals surface area contributed by atoms with E-state index in [1.54, 1.807) is 42.5 Å². The molecule has 1 aliphatic heterocycles. The number of aromatic hydroxyl groups is 1. The lowest BCUT2D eigenvalue weighted by atomic mass is 10.0. The topological polar surface area (TPSA) is 89.9 Å². The minimum absolute atomic E-state index is 0.00898. The average molecular weight is 414 g/mol. The maximum absolute atomic E-state index is 13.0. The summed E-state index contributed by atoms with van der Waals surface area (Å²) in [6.45, 7) is 0. The summed E-state index contributed by atoms with van der Waals surface area (Å²) in [7, 11) is 1.43. The molecule has 144 valence electrons. The zero-order chi connectivity index (χ0) is 20.3. The molecule has 3 rings (SSSR count). The molecule has 1 N–H and O–H groups in total. The number of thioether (sulfide) groups is 1. The average Bonchev–Trinajstić information content (AvgIpc) is 2.95. The fourth-order valence-corrected chi connectivity index (χ4v) is 4.23. The van der Waals surface area contributed by atoms with Gasteiger partial charge >= 0.3 is 0 Å². The van der Waals surface area contributed by atoms with Gasteiger partial charge in [-0.2, -0.15) is 0 Å². The number of aliphatic carboxylic acids is 1. The van der Waals surface area contributed by atoms with Crippen molar-refractivity contribution in [3.8, 4) is 11.5 Å². The highest BCUT2D eigenvalue weighted by atomic mass is 32.2. The van der Waals surface area contributed by atoms with E-state index in [9.17, 15) is 19.8 Å². The molecule has 2 aromatic rings. The van der Waals surface area contributed by atoms with Crippen LogP contribution in [0.2, 0.25) is 0 Å². The van der Waals surface area contributed by atoms with E-state index >= 15 is 0 Å². The minimum atomic E-state index is -1.27. The highest BCUT2D eigenvalue weighted by Crippen LogP contribution is 2.40. The molecule has 0 bridgehead atoms. The molecule has 2 aromatic carbocycles. The van der Waals surface area contributed by atoms with Crippen LogP contribution in [0, 0.1) is 0 Å². The molecule has 0 aromatic heterocycles. The summed E-state index contributed by atoms with van der Waals surface area (Å²) in [4.78, 5) is 25.9. The van der Waals surface area contributed by atoms with Crippen molar-refractivity contribution in [1.29, 1.82) is 0 Å². The maximum Gasteiger partial charge on any atom is 0.266 e. The van der Waals surface area contributed by atoms with Crippen molar-refractivity contribution < 1.29 is 24.5 Å². The number of nitrogens with zero attached hydrogens (tertiary/aromatic N) is 1. The van der Waals surface area contributed by atoms with Crippen LogP contribution in [0.5, 0.6) is 11.5 Å². The lowest BCUT2D eigenvalue weighted by molar-refractivity contribution is -0.306. The first-order valence-electron chi connectivity index (χ1n) is 8.29. The predicted molar refractivity (Wildman–Crippen MR) is 108 cm³/mol. The number of amides is 1. The van der Waals surface area contributed by atoms with E-state index in [0.717, 1.165) is 11.8 Å². The molecule has 1 heterocycles. The molecule has 0 unspecified atom stereocenters. The van der Waals surface area contributed by atoms with Crippen LogP contribution < -0.4 is 9.84 Å². The lowest BCUT2D eigenvalue weighted by Gasteiger charge is -2.27. The number of carboxylic acids is 1. The Morgan fingerprint density at radius 3 is 2.68 bits per heavy atom. The number of carboxylic acid groups (broad SMARTS) is 1. The van der Waals surface area contributed by atoms with Crippen LogP contribution in [0.15, 0.2) is 53.4 Å². The fraction of sp³-hybridized carbons (Fsp3) is 0.150. The number of ether oxygens (including phenoxy) is 1. The number of phenolic OH excluding ortho intramolecular Hbond substituents is 1. The van der Waals surface area contributed by atoms with Gasteiger partial charge in [0.1, 0.15) is 4.32 Å². The third-order valence-corrected chi connectivity index (χ3v) is 5.51. The number of phenols is 1. The second kappa shape index (κ2) is 8.45. The summed E-state index contributed by atoms with van der Waals surface area (Å²) in [6, 6.07) is 12.8. The molecular formula is C20H16NO5S2-. The number of hydrogen-bond donors (Lipinski definition) is 1. The normalized spacial score (nSPS) is 16.5. The monoisotopic (exact) mass is 414 g/mol. The van der Waals surface area contributed by atoms with Gasteiger partial charge in [-0.25, -0.2) is 0 Å². The third kappa shape index (κ3) is 4.18. The molecule has 1 saturated heterocycles. The van der Waals surface area contributed by atoms with E-state index in [-0.39, 0.29) is 28.1 Å². The molecule has 6 nitrogen and oxygen atoms in total. The molecule has 0 radical (unpaired) electrons. The van der Waals surface area contributed by atoms with Crippen LogP contribution >= 0.6 is 24.0 Å². The van der Waals surface area contributed by atoms with E-state index < -0.39 is 12.0 Å². The molecule has 0 aliphatic carbocycles. The molecule has 1 aliphatic rings. The summed E-state index contributed by atoms with van der Waals surface area (Å²) < 4.78 is 5.35. The van der Waals surface area contributed by atoms with Crippen molar-refractivity contribution in [2.45, 2.75) is 12.5 Å². The lowest BCUT2D eigenvalue weighted by Crippen LogP contribution is -2.37. The van der Waals surface area contributed by atoms with Crippen molar-refractivity contribution in [2.75, 3.05) is 7.11 Å². The van der Waals surface area contributed by atoms with E-state index in [2.05, 4.69) is 0 Å². The van der Waals surface area contributed by atoms with E-state index in [1.807, 2.05) is 6.07 Å². The van der Waals surface area contributed by atoms with Gasteiger partial charge in [-0.05, 0) is 29.3 Å². The molecule has 0 saturated carbocycles. The Kier molecular flexibility index (Phi) is 6.01. The number of benzene rings is 2. The van der Waals surface area contributed by atoms with Gasteiger partial charge in [-0.15, -0.1) is 0 Å². The second-order valence-corrected chi connectivity index (χ2v) is 7.66. The number of methoxy groups -OCH3 is 1. The van der Waals surface area contributed by atoms with Crippen LogP contribution in [0.4, 0.5) is 0 Å². The highest BCUT2D eigenvalue weighted by Gasteiger charge is 2.37. The molecule has 8 heteroatoms. The number of thiocarbonyl (C=S) groups is 1. The van der Waals surface area contributed by atoms with E-state index in [0.29, 0.717) is 16.0 Å². The molecule has 1 atom stereocenters.